The molecule has 7 heteroatoms. The molecule has 0 aliphatic heterocycles. The van der Waals surface area contributed by atoms with Crippen LogP contribution >= 0.6 is 0 Å². The summed E-state index contributed by atoms with van der Waals surface area (Å²) in [6, 6.07) is 11.5. The second-order valence-corrected chi connectivity index (χ2v) is 7.06. The Morgan fingerprint density at radius 1 is 1.12 bits per heavy atom. The maximum absolute atomic E-state index is 12.4. The number of fused-ring (bicyclic) bond motifs is 1. The molecule has 2 aromatic carbocycles. The van der Waals surface area contributed by atoms with Crippen LogP contribution in [0.3, 0.4) is 0 Å². The average Bonchev–Trinajstić information content (AvgIpc) is 2.97. The zero-order valence-corrected chi connectivity index (χ0v) is 14.0. The summed E-state index contributed by atoms with van der Waals surface area (Å²) >= 11 is 0. The summed E-state index contributed by atoms with van der Waals surface area (Å²) < 4.78 is 32.1. The van der Waals surface area contributed by atoms with Gasteiger partial charge in [0.15, 0.2) is 0 Å². The van der Waals surface area contributed by atoms with Gasteiger partial charge in [-0.25, -0.2) is 13.2 Å². The van der Waals surface area contributed by atoms with Gasteiger partial charge >= 0.3 is 5.97 Å². The van der Waals surface area contributed by atoms with Crippen molar-refractivity contribution in [3.05, 3.63) is 59.8 Å². The van der Waals surface area contributed by atoms with E-state index in [0.717, 1.165) is 5.56 Å². The van der Waals surface area contributed by atoms with Crippen LogP contribution in [0.15, 0.2) is 53.6 Å². The van der Waals surface area contributed by atoms with Gasteiger partial charge in [0.05, 0.1) is 23.3 Å². The Bertz CT molecular complexity index is 1000. The number of esters is 1. The molecule has 0 amide bonds. The minimum Gasteiger partial charge on any atom is -0.465 e. The Kier molecular flexibility index (Phi) is 4.02. The Balaban J connectivity index is 1.93. The number of aromatic nitrogens is 1. The summed E-state index contributed by atoms with van der Waals surface area (Å²) in [4.78, 5) is 14.8. The Morgan fingerprint density at radius 3 is 2.50 bits per heavy atom. The second-order valence-electron chi connectivity index (χ2n) is 5.37. The summed E-state index contributed by atoms with van der Waals surface area (Å²) in [5.41, 5.74) is 2.43. The van der Waals surface area contributed by atoms with Crippen LogP contribution in [-0.2, 0) is 14.8 Å². The summed E-state index contributed by atoms with van der Waals surface area (Å²) in [5, 5.41) is 0.667. The number of aryl methyl sites for hydroxylation is 1. The lowest BCUT2D eigenvalue weighted by atomic mass is 10.1. The summed E-state index contributed by atoms with van der Waals surface area (Å²) in [6.45, 7) is 1.89. The van der Waals surface area contributed by atoms with E-state index in [9.17, 15) is 13.2 Å². The molecule has 0 fully saturated rings. The van der Waals surface area contributed by atoms with Crippen molar-refractivity contribution in [2.45, 2.75) is 11.8 Å². The maximum atomic E-state index is 12.4. The molecule has 3 rings (SSSR count). The molecule has 6 nitrogen and oxygen atoms in total. The van der Waals surface area contributed by atoms with Crippen LogP contribution in [0.25, 0.3) is 10.9 Å². The summed E-state index contributed by atoms with van der Waals surface area (Å²) in [6.07, 6.45) is 1.54. The molecule has 3 aromatic rings. The number of nitrogens with one attached hydrogen (secondary N) is 2. The minimum absolute atomic E-state index is 0.190. The zero-order valence-electron chi connectivity index (χ0n) is 13.2. The molecule has 0 bridgehead atoms. The van der Waals surface area contributed by atoms with E-state index >= 15 is 0 Å². The van der Waals surface area contributed by atoms with Crippen molar-refractivity contribution in [1.82, 2.24) is 4.98 Å². The fraction of sp³-hybridized carbons (Fsp3) is 0.118. The molecule has 0 radical (unpaired) electrons. The number of carbonyl (C=O) groups excluding carboxylic acids is 1. The fourth-order valence-electron chi connectivity index (χ4n) is 2.40. The molecule has 2 N–H and O–H groups in total. The quantitative estimate of drug-likeness (QED) is 0.712. The maximum Gasteiger partial charge on any atom is 0.340 e. The molecule has 0 saturated carbocycles. The minimum atomic E-state index is -3.67. The zero-order chi connectivity index (χ0) is 17.3. The highest BCUT2D eigenvalue weighted by atomic mass is 32.2. The normalized spacial score (nSPS) is 11.4. The number of aromatic amines is 1. The van der Waals surface area contributed by atoms with Crippen LogP contribution in [0.5, 0.6) is 0 Å². The molecule has 0 aliphatic carbocycles. The van der Waals surface area contributed by atoms with E-state index in [1.54, 1.807) is 42.5 Å². The molecule has 1 aromatic heterocycles. The largest absolute Gasteiger partial charge is 0.465 e. The number of carbonyl (C=O) groups is 1. The van der Waals surface area contributed by atoms with Crippen molar-refractivity contribution >= 4 is 32.6 Å². The number of benzene rings is 2. The van der Waals surface area contributed by atoms with E-state index in [1.807, 2.05) is 6.92 Å². The van der Waals surface area contributed by atoms with Crippen LogP contribution in [-0.4, -0.2) is 26.5 Å². The molecule has 0 aliphatic rings. The van der Waals surface area contributed by atoms with E-state index in [1.165, 1.54) is 13.3 Å². The molecular formula is C17H16N2O4S. The van der Waals surface area contributed by atoms with Gasteiger partial charge < -0.3 is 9.72 Å². The van der Waals surface area contributed by atoms with Gasteiger partial charge in [-0.3, -0.25) is 4.72 Å². The highest BCUT2D eigenvalue weighted by molar-refractivity contribution is 7.92. The Morgan fingerprint density at radius 2 is 1.83 bits per heavy atom. The first kappa shape index (κ1) is 16.1. The first-order valence-corrected chi connectivity index (χ1v) is 8.68. The number of sulfonamides is 1. The van der Waals surface area contributed by atoms with Crippen molar-refractivity contribution in [3.63, 3.8) is 0 Å². The topological polar surface area (TPSA) is 88.3 Å². The smallest absolute Gasteiger partial charge is 0.340 e. The predicted molar refractivity (Wildman–Crippen MR) is 91.6 cm³/mol. The summed E-state index contributed by atoms with van der Waals surface area (Å²) in [5.74, 6) is -0.450. The van der Waals surface area contributed by atoms with Crippen LogP contribution in [0, 0.1) is 6.92 Å². The third kappa shape index (κ3) is 2.98. The first-order valence-electron chi connectivity index (χ1n) is 7.19. The molecular weight excluding hydrogens is 328 g/mol. The third-order valence-electron chi connectivity index (χ3n) is 3.67. The summed E-state index contributed by atoms with van der Waals surface area (Å²) in [7, 11) is -2.36. The Hall–Kier alpha value is -2.80. The Labute approximate surface area is 139 Å². The fourth-order valence-corrected chi connectivity index (χ4v) is 3.45. The van der Waals surface area contributed by atoms with E-state index in [0.29, 0.717) is 22.2 Å². The number of hydrogen-bond acceptors (Lipinski definition) is 4. The molecule has 124 valence electrons. The third-order valence-corrected chi connectivity index (χ3v) is 5.07. The monoisotopic (exact) mass is 344 g/mol. The van der Waals surface area contributed by atoms with Gasteiger partial charge in [0, 0.05) is 17.1 Å². The highest BCUT2D eigenvalue weighted by Gasteiger charge is 2.16. The van der Waals surface area contributed by atoms with Crippen molar-refractivity contribution < 1.29 is 17.9 Å². The van der Waals surface area contributed by atoms with E-state index in [2.05, 4.69) is 9.71 Å². The van der Waals surface area contributed by atoms with Crippen LogP contribution in [0.1, 0.15) is 15.9 Å². The number of ether oxygens (including phenoxy) is 1. The van der Waals surface area contributed by atoms with Crippen molar-refractivity contribution in [1.29, 1.82) is 0 Å². The van der Waals surface area contributed by atoms with Crippen molar-refractivity contribution in [2.24, 2.45) is 0 Å². The van der Waals surface area contributed by atoms with Gasteiger partial charge in [0.1, 0.15) is 0 Å². The van der Waals surface area contributed by atoms with Gasteiger partial charge in [-0.2, -0.15) is 0 Å². The highest BCUT2D eigenvalue weighted by Crippen LogP contribution is 2.24. The molecule has 0 saturated heterocycles. The van der Waals surface area contributed by atoms with Gasteiger partial charge in [-0.05, 0) is 37.3 Å². The van der Waals surface area contributed by atoms with Gasteiger partial charge in [0.2, 0.25) is 0 Å². The first-order chi connectivity index (χ1) is 11.4. The average molecular weight is 344 g/mol. The van der Waals surface area contributed by atoms with Gasteiger partial charge in [-0.15, -0.1) is 0 Å². The van der Waals surface area contributed by atoms with Crippen molar-refractivity contribution in [3.8, 4) is 0 Å². The van der Waals surface area contributed by atoms with Crippen LogP contribution < -0.4 is 4.72 Å². The van der Waals surface area contributed by atoms with Crippen LogP contribution in [0.2, 0.25) is 0 Å². The molecule has 0 unspecified atom stereocenters. The predicted octanol–water partition coefficient (Wildman–Crippen LogP) is 3.06. The number of anilines is 1. The molecule has 1 heterocycles. The SMILES string of the molecule is COC(=O)c1c[nH]c2cc(NS(=O)(=O)c3ccc(C)cc3)ccc12. The van der Waals surface area contributed by atoms with E-state index in [-0.39, 0.29) is 4.90 Å². The molecule has 0 spiro atoms. The number of hydrogen-bond donors (Lipinski definition) is 2. The molecule has 0 atom stereocenters. The van der Waals surface area contributed by atoms with Gasteiger partial charge in [-0.1, -0.05) is 17.7 Å². The second kappa shape index (κ2) is 6.01. The number of H-pyrrole nitrogens is 1. The van der Waals surface area contributed by atoms with E-state index in [4.69, 9.17) is 4.74 Å². The van der Waals surface area contributed by atoms with E-state index < -0.39 is 16.0 Å². The van der Waals surface area contributed by atoms with Crippen LogP contribution in [0.4, 0.5) is 5.69 Å². The number of methoxy groups -OCH3 is 1. The van der Waals surface area contributed by atoms with Gasteiger partial charge in [0.25, 0.3) is 10.0 Å². The number of rotatable bonds is 4. The molecule has 24 heavy (non-hydrogen) atoms. The lowest BCUT2D eigenvalue weighted by molar-refractivity contribution is 0.0603. The lowest BCUT2D eigenvalue weighted by Crippen LogP contribution is -2.12. The van der Waals surface area contributed by atoms with Crippen molar-refractivity contribution in [2.75, 3.05) is 11.8 Å². The lowest BCUT2D eigenvalue weighted by Gasteiger charge is -2.08. The standard InChI is InChI=1S/C17H16N2O4S/c1-11-3-6-13(7-4-11)24(21,22)19-12-5-8-14-15(17(20)23-2)10-18-16(14)9-12/h3-10,18-19H,1-2H3.